The third kappa shape index (κ3) is 4.56. The number of fused-ring (bicyclic) bond motifs is 1. The minimum Gasteiger partial charge on any atom is -0.513 e. The van der Waals surface area contributed by atoms with Gasteiger partial charge in [-0.25, -0.2) is 14.5 Å². The second-order valence-electron chi connectivity index (χ2n) is 7.93. The topological polar surface area (TPSA) is 124 Å². The molecule has 2 amide bonds. The van der Waals surface area contributed by atoms with Crippen molar-refractivity contribution < 1.29 is 19.4 Å². The van der Waals surface area contributed by atoms with Crippen LogP contribution in [0.2, 0.25) is 0 Å². The second-order valence-corrected chi connectivity index (χ2v) is 7.93. The van der Waals surface area contributed by atoms with Crippen molar-refractivity contribution in [3.8, 4) is 5.82 Å². The number of pyridine rings is 1. The maximum atomic E-state index is 12.4. The van der Waals surface area contributed by atoms with Gasteiger partial charge in [0, 0.05) is 24.7 Å². The fourth-order valence-electron chi connectivity index (χ4n) is 3.17. The molecule has 0 aromatic carbocycles. The number of primary amides is 1. The van der Waals surface area contributed by atoms with Gasteiger partial charge >= 0.3 is 6.09 Å². The monoisotopic (exact) mass is 399 g/mol. The van der Waals surface area contributed by atoms with Crippen LogP contribution in [0.4, 0.5) is 4.79 Å². The summed E-state index contributed by atoms with van der Waals surface area (Å²) in [5.74, 6) is -0.0155. The van der Waals surface area contributed by atoms with Gasteiger partial charge in [-0.05, 0) is 51.5 Å². The molecule has 2 aromatic rings. The summed E-state index contributed by atoms with van der Waals surface area (Å²) < 4.78 is 7.01. The highest BCUT2D eigenvalue weighted by Crippen LogP contribution is 2.26. The number of allylic oxidation sites excluding steroid dienone is 1. The highest BCUT2D eigenvalue weighted by molar-refractivity contribution is 5.93. The normalized spacial score (nSPS) is 14.5. The first-order valence-corrected chi connectivity index (χ1v) is 9.27. The highest BCUT2D eigenvalue weighted by Gasteiger charge is 2.32. The quantitative estimate of drug-likeness (QED) is 0.765. The molecule has 154 valence electrons. The number of aliphatic hydroxyl groups is 1. The van der Waals surface area contributed by atoms with Crippen LogP contribution in [0, 0.1) is 0 Å². The third-order valence-electron chi connectivity index (χ3n) is 4.30. The van der Waals surface area contributed by atoms with Crippen molar-refractivity contribution in [1.29, 1.82) is 0 Å². The van der Waals surface area contributed by atoms with Gasteiger partial charge in [0.15, 0.2) is 11.5 Å². The lowest BCUT2D eigenvalue weighted by atomic mass is 10.0. The van der Waals surface area contributed by atoms with E-state index in [1.165, 1.54) is 4.90 Å². The van der Waals surface area contributed by atoms with Crippen molar-refractivity contribution in [3.05, 3.63) is 46.6 Å². The minimum absolute atomic E-state index is 0.106. The molecule has 0 radical (unpaired) electrons. The van der Waals surface area contributed by atoms with Gasteiger partial charge in [-0.1, -0.05) is 0 Å². The number of rotatable bonds is 3. The Morgan fingerprint density at radius 3 is 2.69 bits per heavy atom. The van der Waals surface area contributed by atoms with Crippen LogP contribution in [0.15, 0.2) is 24.1 Å². The fraction of sp³-hybridized carbons (Fsp3) is 0.400. The first kappa shape index (κ1) is 20.4. The van der Waals surface area contributed by atoms with Gasteiger partial charge in [0.2, 0.25) is 0 Å². The molecule has 0 saturated heterocycles. The van der Waals surface area contributed by atoms with E-state index in [4.69, 9.17) is 10.5 Å². The zero-order valence-electron chi connectivity index (χ0n) is 17.0. The molecule has 0 aliphatic carbocycles. The summed E-state index contributed by atoms with van der Waals surface area (Å²) in [5, 5.41) is 13.9. The summed E-state index contributed by atoms with van der Waals surface area (Å²) in [6.07, 6.45) is 3.21. The SMILES string of the molecule is CC(O)=Cc1ccnc(-n2nc(C(N)=O)c3c2CCN(C(=O)OC(C)(C)C)C3)c1. The average molecular weight is 399 g/mol. The molecule has 1 aliphatic rings. The van der Waals surface area contributed by atoms with Crippen LogP contribution in [0.5, 0.6) is 0 Å². The predicted octanol–water partition coefficient (Wildman–Crippen LogP) is 2.58. The van der Waals surface area contributed by atoms with Crippen molar-refractivity contribution in [2.45, 2.75) is 46.3 Å². The number of carbonyl (C=O) groups is 2. The highest BCUT2D eigenvalue weighted by atomic mass is 16.6. The van der Waals surface area contributed by atoms with E-state index >= 15 is 0 Å². The van der Waals surface area contributed by atoms with Gasteiger partial charge in [0.05, 0.1) is 18.0 Å². The van der Waals surface area contributed by atoms with E-state index in [0.29, 0.717) is 24.3 Å². The Kier molecular flexibility index (Phi) is 5.32. The van der Waals surface area contributed by atoms with Gasteiger partial charge in [0.25, 0.3) is 5.91 Å². The lowest BCUT2D eigenvalue weighted by Gasteiger charge is -2.30. The molecule has 2 aromatic heterocycles. The maximum Gasteiger partial charge on any atom is 0.410 e. The summed E-state index contributed by atoms with van der Waals surface area (Å²) in [6.45, 7) is 7.57. The van der Waals surface area contributed by atoms with E-state index in [0.717, 1.165) is 11.3 Å². The molecule has 0 spiro atoms. The number of hydrogen-bond acceptors (Lipinski definition) is 6. The first-order valence-electron chi connectivity index (χ1n) is 9.27. The molecule has 0 unspecified atom stereocenters. The van der Waals surface area contributed by atoms with Gasteiger partial charge in [-0.3, -0.25) is 4.79 Å². The van der Waals surface area contributed by atoms with E-state index < -0.39 is 17.6 Å². The van der Waals surface area contributed by atoms with Crippen LogP contribution in [0.3, 0.4) is 0 Å². The van der Waals surface area contributed by atoms with Crippen LogP contribution in [-0.2, 0) is 17.7 Å². The maximum absolute atomic E-state index is 12.4. The second kappa shape index (κ2) is 7.57. The molecule has 9 nitrogen and oxygen atoms in total. The molecular weight excluding hydrogens is 374 g/mol. The number of amides is 2. The molecule has 1 aliphatic heterocycles. The smallest absolute Gasteiger partial charge is 0.410 e. The Balaban J connectivity index is 1.99. The zero-order valence-corrected chi connectivity index (χ0v) is 17.0. The Hall–Kier alpha value is -3.36. The zero-order chi connectivity index (χ0) is 21.3. The summed E-state index contributed by atoms with van der Waals surface area (Å²) in [6, 6.07) is 3.50. The Morgan fingerprint density at radius 2 is 2.07 bits per heavy atom. The minimum atomic E-state index is -0.673. The van der Waals surface area contributed by atoms with Crippen LogP contribution in [0.25, 0.3) is 11.9 Å². The standard InChI is InChI=1S/C20H25N5O4/c1-12(26)9-13-5-7-22-16(10-13)25-15-6-8-24(19(28)29-20(2,3)4)11-14(15)17(23-25)18(21)27/h5,7,9-10,26H,6,8,11H2,1-4H3,(H2,21,27). The van der Waals surface area contributed by atoms with Gasteiger partial charge in [-0.15, -0.1) is 0 Å². The van der Waals surface area contributed by atoms with Gasteiger partial charge < -0.3 is 20.5 Å². The average Bonchev–Trinajstić information content (AvgIpc) is 2.99. The summed E-state index contributed by atoms with van der Waals surface area (Å²) in [4.78, 5) is 30.3. The lowest BCUT2D eigenvalue weighted by molar-refractivity contribution is 0.0222. The molecule has 0 fully saturated rings. The van der Waals surface area contributed by atoms with Crippen LogP contribution in [0.1, 0.15) is 55.0 Å². The molecule has 3 N–H and O–H groups in total. The Bertz CT molecular complexity index is 983. The van der Waals surface area contributed by atoms with Crippen molar-refractivity contribution in [3.63, 3.8) is 0 Å². The largest absolute Gasteiger partial charge is 0.513 e. The van der Waals surface area contributed by atoms with E-state index in [1.54, 1.807) is 56.8 Å². The number of aromatic nitrogens is 3. The van der Waals surface area contributed by atoms with E-state index in [9.17, 15) is 14.7 Å². The summed E-state index contributed by atoms with van der Waals surface area (Å²) >= 11 is 0. The van der Waals surface area contributed by atoms with Crippen molar-refractivity contribution >= 4 is 18.1 Å². The van der Waals surface area contributed by atoms with Crippen LogP contribution >= 0.6 is 0 Å². The van der Waals surface area contributed by atoms with E-state index in [1.807, 2.05) is 0 Å². The summed E-state index contributed by atoms with van der Waals surface area (Å²) in [7, 11) is 0. The van der Waals surface area contributed by atoms with Crippen molar-refractivity contribution in [2.75, 3.05) is 6.54 Å². The number of ether oxygens (including phenoxy) is 1. The van der Waals surface area contributed by atoms with Crippen molar-refractivity contribution in [1.82, 2.24) is 19.7 Å². The van der Waals surface area contributed by atoms with Gasteiger partial charge in [-0.2, -0.15) is 5.10 Å². The van der Waals surface area contributed by atoms with E-state index in [2.05, 4.69) is 10.1 Å². The molecule has 0 saturated carbocycles. The number of hydrogen-bond donors (Lipinski definition) is 2. The molecule has 0 atom stereocenters. The molecule has 3 rings (SSSR count). The summed E-state index contributed by atoms with van der Waals surface area (Å²) in [5.41, 5.74) is 7.13. The van der Waals surface area contributed by atoms with Gasteiger partial charge in [0.1, 0.15) is 5.60 Å². The first-order chi connectivity index (χ1) is 13.5. The Labute approximate surface area is 168 Å². The van der Waals surface area contributed by atoms with Crippen molar-refractivity contribution in [2.24, 2.45) is 5.73 Å². The number of carbonyl (C=O) groups excluding carboxylic acids is 2. The number of nitrogens with zero attached hydrogens (tertiary/aromatic N) is 4. The lowest BCUT2D eigenvalue weighted by Crippen LogP contribution is -2.40. The Morgan fingerprint density at radius 1 is 1.34 bits per heavy atom. The molecule has 29 heavy (non-hydrogen) atoms. The van der Waals surface area contributed by atoms with E-state index in [-0.39, 0.29) is 18.0 Å². The van der Waals surface area contributed by atoms with Crippen LogP contribution in [-0.4, -0.2) is 48.9 Å². The molecular formula is C20H25N5O4. The predicted molar refractivity (Wildman–Crippen MR) is 107 cm³/mol. The fourth-order valence-corrected chi connectivity index (χ4v) is 3.17. The number of aliphatic hydroxyl groups excluding tert-OH is 1. The number of nitrogens with two attached hydrogens (primary N) is 1. The third-order valence-corrected chi connectivity index (χ3v) is 4.30. The molecule has 0 bridgehead atoms. The molecule has 3 heterocycles. The van der Waals surface area contributed by atoms with Crippen LogP contribution < -0.4 is 5.73 Å². The molecule has 9 heteroatoms.